The molecule has 0 saturated carbocycles. The molecule has 2 atom stereocenters. The van der Waals surface area contributed by atoms with Crippen molar-refractivity contribution in [3.8, 4) is 17.3 Å². The Bertz CT molecular complexity index is 1150. The second-order valence-electron chi connectivity index (χ2n) is 7.74. The van der Waals surface area contributed by atoms with Crippen LogP contribution in [0.15, 0.2) is 48.5 Å². The number of fused-ring (bicyclic) bond motifs is 1. The number of aliphatic hydroxyl groups excluding tert-OH is 1. The summed E-state index contributed by atoms with van der Waals surface area (Å²) < 4.78 is 0. The molecule has 1 aliphatic heterocycles. The zero-order valence-electron chi connectivity index (χ0n) is 16.7. The molecule has 0 spiro atoms. The number of hydrogen-bond donors (Lipinski definition) is 2. The number of piperidine rings is 1. The number of carbonyl (C=O) groups is 1. The highest BCUT2D eigenvalue weighted by Crippen LogP contribution is 2.35. The van der Waals surface area contributed by atoms with E-state index in [1.54, 1.807) is 6.07 Å². The number of hydrogen-bond acceptors (Lipinski definition) is 4. The number of amides is 1. The first-order valence-corrected chi connectivity index (χ1v) is 10.1. The van der Waals surface area contributed by atoms with Crippen molar-refractivity contribution in [2.24, 2.45) is 0 Å². The lowest BCUT2D eigenvalue weighted by atomic mass is 9.90. The molecule has 1 aromatic heterocycles. The monoisotopic (exact) mass is 401 g/mol. The number of carboxylic acid groups (broad SMARTS) is 1. The predicted molar refractivity (Wildman–Crippen MR) is 114 cm³/mol. The summed E-state index contributed by atoms with van der Waals surface area (Å²) in [7, 11) is 0. The van der Waals surface area contributed by atoms with Crippen molar-refractivity contribution >= 4 is 17.0 Å². The Balaban J connectivity index is 1.85. The minimum Gasteiger partial charge on any atom is -0.465 e. The molecule has 3 aromatic rings. The van der Waals surface area contributed by atoms with Crippen LogP contribution in [0.5, 0.6) is 0 Å². The third kappa shape index (κ3) is 3.60. The Labute approximate surface area is 175 Å². The lowest BCUT2D eigenvalue weighted by Gasteiger charge is -2.37. The van der Waals surface area contributed by atoms with E-state index in [-0.39, 0.29) is 0 Å². The Morgan fingerprint density at radius 2 is 2.03 bits per heavy atom. The summed E-state index contributed by atoms with van der Waals surface area (Å²) in [4.78, 5) is 17.8. The van der Waals surface area contributed by atoms with E-state index in [2.05, 4.69) is 6.07 Å². The van der Waals surface area contributed by atoms with Crippen molar-refractivity contribution in [3.63, 3.8) is 0 Å². The first-order valence-electron chi connectivity index (χ1n) is 10.1. The molecule has 6 nitrogen and oxygen atoms in total. The van der Waals surface area contributed by atoms with E-state index in [1.165, 1.54) is 4.90 Å². The molecule has 0 aliphatic carbocycles. The van der Waals surface area contributed by atoms with Crippen LogP contribution in [0.3, 0.4) is 0 Å². The van der Waals surface area contributed by atoms with E-state index in [0.717, 1.165) is 34.9 Å². The van der Waals surface area contributed by atoms with Gasteiger partial charge in [0.1, 0.15) is 6.10 Å². The van der Waals surface area contributed by atoms with E-state index in [1.807, 2.05) is 49.4 Å². The van der Waals surface area contributed by atoms with Gasteiger partial charge in [0.15, 0.2) is 0 Å². The normalized spacial score (nSPS) is 17.5. The van der Waals surface area contributed by atoms with Crippen LogP contribution >= 0.6 is 0 Å². The van der Waals surface area contributed by atoms with Crippen molar-refractivity contribution in [3.05, 3.63) is 65.2 Å². The summed E-state index contributed by atoms with van der Waals surface area (Å²) in [6, 6.07) is 16.7. The van der Waals surface area contributed by atoms with Gasteiger partial charge in [0.25, 0.3) is 0 Å². The predicted octanol–water partition coefficient (Wildman–Crippen LogP) is 4.65. The van der Waals surface area contributed by atoms with Crippen LogP contribution in [0, 0.1) is 18.3 Å². The summed E-state index contributed by atoms with van der Waals surface area (Å²) >= 11 is 0. The maximum Gasteiger partial charge on any atom is 0.407 e. The molecule has 2 N–H and O–H groups in total. The molecule has 2 heterocycles. The fraction of sp³-hybridized carbons (Fsp3) is 0.292. The van der Waals surface area contributed by atoms with Crippen LogP contribution in [0.1, 0.15) is 42.1 Å². The maximum atomic E-state index is 11.7. The Hall–Kier alpha value is -3.43. The molecule has 1 aliphatic rings. The van der Waals surface area contributed by atoms with E-state index < -0.39 is 18.2 Å². The van der Waals surface area contributed by atoms with E-state index in [0.29, 0.717) is 29.8 Å². The third-order valence-electron chi connectivity index (χ3n) is 5.88. The van der Waals surface area contributed by atoms with Crippen LogP contribution in [0.25, 0.3) is 22.2 Å². The van der Waals surface area contributed by atoms with Gasteiger partial charge in [-0.05, 0) is 55.5 Å². The van der Waals surface area contributed by atoms with E-state index >= 15 is 0 Å². The molecule has 1 amide bonds. The molecular formula is C24H23N3O3. The minimum atomic E-state index is -1.01. The zero-order chi connectivity index (χ0) is 21.3. The lowest BCUT2D eigenvalue weighted by molar-refractivity contribution is 0.0292. The van der Waals surface area contributed by atoms with Gasteiger partial charge < -0.3 is 15.1 Å². The number of aryl methyl sites for hydroxylation is 1. The Kier molecular flexibility index (Phi) is 5.39. The van der Waals surface area contributed by atoms with Crippen molar-refractivity contribution in [2.45, 2.75) is 38.3 Å². The smallest absolute Gasteiger partial charge is 0.407 e. The first-order chi connectivity index (χ1) is 14.5. The quantitative estimate of drug-likeness (QED) is 0.666. The number of nitriles is 1. The third-order valence-corrected chi connectivity index (χ3v) is 5.88. The van der Waals surface area contributed by atoms with Gasteiger partial charge >= 0.3 is 6.09 Å². The van der Waals surface area contributed by atoms with Crippen LogP contribution < -0.4 is 0 Å². The Morgan fingerprint density at radius 3 is 2.80 bits per heavy atom. The van der Waals surface area contributed by atoms with Gasteiger partial charge in [0.2, 0.25) is 0 Å². The summed E-state index contributed by atoms with van der Waals surface area (Å²) in [5, 5.41) is 31.1. The molecule has 1 unspecified atom stereocenters. The van der Waals surface area contributed by atoms with Crippen molar-refractivity contribution in [2.75, 3.05) is 6.54 Å². The first kappa shape index (κ1) is 19.9. The number of benzene rings is 2. The highest BCUT2D eigenvalue weighted by molar-refractivity contribution is 5.86. The SMILES string of the molecule is Cc1ccc(-c2cc([C@@H](O)C3CCCCN3C(=O)O)c3ccccc3n2)cc1C#N. The second kappa shape index (κ2) is 8.13. The molecule has 1 fully saturated rings. The standard InChI is InChI=1S/C24H23N3O3/c1-15-9-10-16(12-17(15)14-25)21-13-19(18-6-2-3-7-20(18)26-21)23(28)22-8-4-5-11-27(22)24(29)30/h2-3,6-7,9-10,12-13,22-23,28H,4-5,8,11H2,1H3,(H,29,30)/t22?,23-/m1/s1. The molecule has 152 valence electrons. The Morgan fingerprint density at radius 1 is 1.23 bits per heavy atom. The van der Waals surface area contributed by atoms with Crippen molar-refractivity contribution < 1.29 is 15.0 Å². The van der Waals surface area contributed by atoms with Crippen LogP contribution in [0.4, 0.5) is 4.79 Å². The van der Waals surface area contributed by atoms with Gasteiger partial charge in [-0.15, -0.1) is 0 Å². The number of para-hydroxylation sites is 1. The van der Waals surface area contributed by atoms with Crippen LogP contribution in [0.2, 0.25) is 0 Å². The molecule has 0 radical (unpaired) electrons. The largest absolute Gasteiger partial charge is 0.465 e. The number of rotatable bonds is 3. The molecule has 30 heavy (non-hydrogen) atoms. The molecule has 2 aromatic carbocycles. The van der Waals surface area contributed by atoms with E-state index in [9.17, 15) is 20.3 Å². The van der Waals surface area contributed by atoms with Gasteiger partial charge in [-0.3, -0.25) is 0 Å². The summed E-state index contributed by atoms with van der Waals surface area (Å²) in [6.45, 7) is 2.31. The number of pyridine rings is 1. The average molecular weight is 401 g/mol. The van der Waals surface area contributed by atoms with Crippen molar-refractivity contribution in [1.29, 1.82) is 5.26 Å². The fourth-order valence-electron chi connectivity index (χ4n) is 4.23. The number of aromatic nitrogens is 1. The minimum absolute atomic E-state index is 0.427. The lowest BCUT2D eigenvalue weighted by Crippen LogP contribution is -2.46. The molecular weight excluding hydrogens is 378 g/mol. The highest BCUT2D eigenvalue weighted by Gasteiger charge is 2.33. The summed E-state index contributed by atoms with van der Waals surface area (Å²) in [5.74, 6) is 0. The average Bonchev–Trinajstić information content (AvgIpc) is 2.78. The van der Waals surface area contributed by atoms with Crippen LogP contribution in [-0.2, 0) is 0 Å². The van der Waals surface area contributed by atoms with Gasteiger partial charge in [-0.2, -0.15) is 5.26 Å². The van der Waals surface area contributed by atoms with Crippen LogP contribution in [-0.4, -0.2) is 38.8 Å². The second-order valence-corrected chi connectivity index (χ2v) is 7.74. The maximum absolute atomic E-state index is 11.7. The van der Waals surface area contributed by atoms with Gasteiger partial charge in [0, 0.05) is 17.5 Å². The summed E-state index contributed by atoms with van der Waals surface area (Å²) in [5.41, 5.74) is 4.29. The molecule has 0 bridgehead atoms. The molecule has 6 heteroatoms. The highest BCUT2D eigenvalue weighted by atomic mass is 16.4. The van der Waals surface area contributed by atoms with Gasteiger partial charge in [-0.1, -0.05) is 30.3 Å². The van der Waals surface area contributed by atoms with Gasteiger partial charge in [-0.25, -0.2) is 9.78 Å². The fourth-order valence-corrected chi connectivity index (χ4v) is 4.23. The number of likely N-dealkylation sites (tertiary alicyclic amines) is 1. The molecule has 4 rings (SSSR count). The van der Waals surface area contributed by atoms with Gasteiger partial charge in [0.05, 0.1) is 28.9 Å². The topological polar surface area (TPSA) is 97.4 Å². The summed E-state index contributed by atoms with van der Waals surface area (Å²) in [6.07, 6.45) is 0.328. The number of aliphatic hydroxyl groups is 1. The van der Waals surface area contributed by atoms with Crippen molar-refractivity contribution in [1.82, 2.24) is 9.88 Å². The molecule has 1 saturated heterocycles. The number of nitrogens with zero attached hydrogens (tertiary/aromatic N) is 3. The zero-order valence-corrected chi connectivity index (χ0v) is 16.7. The van der Waals surface area contributed by atoms with E-state index in [4.69, 9.17) is 4.98 Å².